The van der Waals surface area contributed by atoms with Crippen LogP contribution in [0.1, 0.15) is 44.0 Å². The van der Waals surface area contributed by atoms with Gasteiger partial charge in [-0.25, -0.2) is 4.98 Å². The van der Waals surface area contributed by atoms with Gasteiger partial charge in [0, 0.05) is 30.4 Å². The molecule has 1 aliphatic heterocycles. The molecule has 4 aromatic rings. The third kappa shape index (κ3) is 6.13. The van der Waals surface area contributed by atoms with E-state index in [0.717, 1.165) is 41.2 Å². The minimum Gasteiger partial charge on any atom is -0.378 e. The van der Waals surface area contributed by atoms with Gasteiger partial charge in [0.15, 0.2) is 11.6 Å². The van der Waals surface area contributed by atoms with Gasteiger partial charge in [-0.2, -0.15) is 0 Å². The second kappa shape index (κ2) is 11.2. The number of ether oxygens (including phenoxy) is 1. The molecule has 2 aromatic carbocycles. The second-order valence-corrected chi connectivity index (χ2v) is 9.18. The maximum Gasteiger partial charge on any atom is 0.188 e. The molecular formula is C30H28N4O3. The lowest BCUT2D eigenvalue weighted by Crippen LogP contribution is -2.36. The summed E-state index contributed by atoms with van der Waals surface area (Å²) in [4.78, 5) is 41.7. The number of aromatic nitrogens is 3. The maximum absolute atomic E-state index is 13.3. The Hall–Kier alpha value is -4.23. The molecule has 0 N–H and O–H groups in total. The lowest BCUT2D eigenvalue weighted by atomic mass is 9.95. The Labute approximate surface area is 216 Å². The highest BCUT2D eigenvalue weighted by molar-refractivity contribution is 6.13. The average Bonchev–Trinajstić information content (AvgIpc) is 2.94. The van der Waals surface area contributed by atoms with Gasteiger partial charge in [-0.3, -0.25) is 19.6 Å². The minimum absolute atomic E-state index is 0.246. The molecule has 1 aliphatic rings. The van der Waals surface area contributed by atoms with Gasteiger partial charge in [0.25, 0.3) is 0 Å². The van der Waals surface area contributed by atoms with Crippen LogP contribution in [0.2, 0.25) is 0 Å². The predicted octanol–water partition coefficient (Wildman–Crippen LogP) is 4.73. The highest BCUT2D eigenvalue weighted by atomic mass is 16.5. The van der Waals surface area contributed by atoms with Crippen molar-refractivity contribution in [3.63, 3.8) is 0 Å². The number of hydrogen-bond donors (Lipinski definition) is 0. The molecule has 2 aromatic heterocycles. The molecule has 0 bridgehead atoms. The van der Waals surface area contributed by atoms with Gasteiger partial charge in [0.1, 0.15) is 11.5 Å². The fourth-order valence-electron chi connectivity index (χ4n) is 4.40. The molecule has 0 amide bonds. The number of rotatable bonds is 8. The molecule has 0 atom stereocenters. The van der Waals surface area contributed by atoms with Crippen molar-refractivity contribution in [2.75, 3.05) is 31.2 Å². The molecule has 7 heteroatoms. The second-order valence-electron chi connectivity index (χ2n) is 9.18. The number of carbonyl (C=O) groups excluding carboxylic acids is 2. The number of Topliss-reactive ketones (excluding diaryl/α,β-unsaturated/α-hetero) is 2. The van der Waals surface area contributed by atoms with Gasteiger partial charge in [-0.05, 0) is 60.4 Å². The van der Waals surface area contributed by atoms with Crippen LogP contribution in [0.25, 0.3) is 11.3 Å². The first-order valence-corrected chi connectivity index (χ1v) is 12.4. The number of carbonyl (C=O) groups is 2. The lowest BCUT2D eigenvalue weighted by Gasteiger charge is -2.27. The quantitative estimate of drug-likeness (QED) is 0.260. The molecule has 1 saturated heterocycles. The highest BCUT2D eigenvalue weighted by Crippen LogP contribution is 2.25. The largest absolute Gasteiger partial charge is 0.378 e. The molecule has 0 spiro atoms. The molecule has 3 heterocycles. The van der Waals surface area contributed by atoms with Crippen molar-refractivity contribution in [2.24, 2.45) is 0 Å². The molecular weight excluding hydrogens is 464 g/mol. The van der Waals surface area contributed by atoms with E-state index in [-0.39, 0.29) is 18.0 Å². The summed E-state index contributed by atoms with van der Waals surface area (Å²) in [5.41, 5.74) is 5.27. The topological polar surface area (TPSA) is 85.3 Å². The van der Waals surface area contributed by atoms with Crippen LogP contribution in [0.15, 0.2) is 79.3 Å². The number of morpholine rings is 1. The van der Waals surface area contributed by atoms with E-state index in [1.807, 2.05) is 43.3 Å². The van der Waals surface area contributed by atoms with Crippen LogP contribution >= 0.6 is 0 Å². The van der Waals surface area contributed by atoms with Crippen molar-refractivity contribution in [1.29, 1.82) is 0 Å². The number of hydrogen-bond acceptors (Lipinski definition) is 7. The Kier molecular flexibility index (Phi) is 7.42. The zero-order chi connectivity index (χ0) is 25.6. The summed E-state index contributed by atoms with van der Waals surface area (Å²) in [7, 11) is 0. The van der Waals surface area contributed by atoms with E-state index < -0.39 is 0 Å². The number of aryl methyl sites for hydroxylation is 1. The van der Waals surface area contributed by atoms with Crippen molar-refractivity contribution in [2.45, 2.75) is 19.8 Å². The summed E-state index contributed by atoms with van der Waals surface area (Å²) < 4.78 is 5.46. The first-order valence-electron chi connectivity index (χ1n) is 12.4. The minimum atomic E-state index is -0.294. The maximum atomic E-state index is 13.3. The van der Waals surface area contributed by atoms with E-state index in [0.29, 0.717) is 36.6 Å². The van der Waals surface area contributed by atoms with Crippen molar-refractivity contribution >= 4 is 17.4 Å². The van der Waals surface area contributed by atoms with Crippen LogP contribution < -0.4 is 4.90 Å². The molecule has 0 unspecified atom stereocenters. The van der Waals surface area contributed by atoms with Gasteiger partial charge in [0.05, 0.1) is 37.7 Å². The fraction of sp³-hybridized carbons (Fsp3) is 0.233. The number of anilines is 1. The van der Waals surface area contributed by atoms with Gasteiger partial charge in [-0.1, -0.05) is 30.3 Å². The summed E-state index contributed by atoms with van der Waals surface area (Å²) in [6.45, 7) is 4.71. The first-order chi connectivity index (χ1) is 18.0. The van der Waals surface area contributed by atoms with Gasteiger partial charge < -0.3 is 9.64 Å². The number of pyridine rings is 1. The molecule has 5 rings (SSSR count). The van der Waals surface area contributed by atoms with E-state index in [2.05, 4.69) is 27.0 Å². The van der Waals surface area contributed by atoms with Crippen LogP contribution in [0.4, 0.5) is 5.82 Å². The summed E-state index contributed by atoms with van der Waals surface area (Å²) in [5, 5.41) is 0. The van der Waals surface area contributed by atoms with Crippen molar-refractivity contribution in [3.05, 3.63) is 107 Å². The van der Waals surface area contributed by atoms with Crippen LogP contribution in [0.3, 0.4) is 0 Å². The number of benzene rings is 2. The Morgan fingerprint density at radius 3 is 2.51 bits per heavy atom. The van der Waals surface area contributed by atoms with Gasteiger partial charge >= 0.3 is 0 Å². The third-order valence-corrected chi connectivity index (χ3v) is 6.34. The lowest BCUT2D eigenvalue weighted by molar-refractivity contribution is 0.0891. The molecule has 186 valence electrons. The smallest absolute Gasteiger partial charge is 0.188 e. The SMILES string of the molecule is Cc1ccnc(C(=O)CC(=O)c2cc(Cc3ccccc3)cc(-c3cncc(N4CCOCC4)n3)c2)c1. The van der Waals surface area contributed by atoms with Crippen molar-refractivity contribution < 1.29 is 14.3 Å². The van der Waals surface area contributed by atoms with E-state index in [1.54, 1.807) is 30.7 Å². The molecule has 0 radical (unpaired) electrons. The predicted molar refractivity (Wildman–Crippen MR) is 142 cm³/mol. The third-order valence-electron chi connectivity index (χ3n) is 6.34. The zero-order valence-electron chi connectivity index (χ0n) is 20.8. The van der Waals surface area contributed by atoms with E-state index in [1.165, 1.54) is 0 Å². The Balaban J connectivity index is 1.47. The average molecular weight is 493 g/mol. The number of ketones is 2. The van der Waals surface area contributed by atoms with Crippen LogP contribution in [0, 0.1) is 6.92 Å². The van der Waals surface area contributed by atoms with Crippen LogP contribution in [-0.4, -0.2) is 52.8 Å². The van der Waals surface area contributed by atoms with Crippen molar-refractivity contribution in [3.8, 4) is 11.3 Å². The van der Waals surface area contributed by atoms with E-state index >= 15 is 0 Å². The first kappa shape index (κ1) is 24.5. The standard InChI is InChI=1S/C30H28N4O3/c1-21-7-8-32-26(13-21)29(36)18-28(35)25-16-23(14-22-5-3-2-4-6-22)15-24(17-25)27-19-31-20-30(33-27)34-9-11-37-12-10-34/h2-8,13,15-17,19-20H,9-12,14,18H2,1H3. The normalized spacial score (nSPS) is 13.4. The summed E-state index contributed by atoms with van der Waals surface area (Å²) in [5.74, 6) is 0.238. The zero-order valence-corrected chi connectivity index (χ0v) is 20.8. The molecule has 7 nitrogen and oxygen atoms in total. The molecule has 0 aliphatic carbocycles. The van der Waals surface area contributed by atoms with Crippen LogP contribution in [-0.2, 0) is 11.2 Å². The Morgan fingerprint density at radius 1 is 0.919 bits per heavy atom. The summed E-state index contributed by atoms with van der Waals surface area (Å²) in [6, 6.07) is 19.3. The van der Waals surface area contributed by atoms with Gasteiger partial charge in [0.2, 0.25) is 0 Å². The Bertz CT molecular complexity index is 1420. The van der Waals surface area contributed by atoms with Gasteiger partial charge in [-0.15, -0.1) is 0 Å². The monoisotopic (exact) mass is 492 g/mol. The van der Waals surface area contributed by atoms with Crippen LogP contribution in [0.5, 0.6) is 0 Å². The fourth-order valence-corrected chi connectivity index (χ4v) is 4.40. The van der Waals surface area contributed by atoms with E-state index in [9.17, 15) is 9.59 Å². The molecule has 1 fully saturated rings. The molecule has 37 heavy (non-hydrogen) atoms. The Morgan fingerprint density at radius 2 is 1.73 bits per heavy atom. The van der Waals surface area contributed by atoms with Crippen molar-refractivity contribution in [1.82, 2.24) is 15.0 Å². The summed E-state index contributed by atoms with van der Waals surface area (Å²) >= 11 is 0. The molecule has 0 saturated carbocycles. The summed E-state index contributed by atoms with van der Waals surface area (Å²) in [6.07, 6.45) is 5.46. The number of nitrogens with zero attached hydrogens (tertiary/aromatic N) is 4. The van der Waals surface area contributed by atoms with E-state index in [4.69, 9.17) is 9.72 Å². The highest BCUT2D eigenvalue weighted by Gasteiger charge is 2.18.